The first-order chi connectivity index (χ1) is 7.80. The number of hydrazone groups is 1. The number of nitrogens with zero attached hydrogens (tertiary/aromatic N) is 1. The van der Waals surface area contributed by atoms with Crippen LogP contribution in [0, 0.1) is 11.3 Å². The van der Waals surface area contributed by atoms with E-state index in [0.717, 1.165) is 0 Å². The Morgan fingerprint density at radius 2 is 2.12 bits per heavy atom. The second-order valence-electron chi connectivity index (χ2n) is 5.57. The molecule has 0 fully saturated rings. The van der Waals surface area contributed by atoms with Gasteiger partial charge < -0.3 is 5.32 Å². The average molecular weight is 239 g/mol. The van der Waals surface area contributed by atoms with E-state index < -0.39 is 0 Å². The minimum Gasteiger partial charge on any atom is -0.351 e. The first-order valence-electron chi connectivity index (χ1n) is 5.94. The lowest BCUT2D eigenvalue weighted by Gasteiger charge is -2.27. The molecule has 2 N–H and O–H groups in total. The third-order valence-corrected chi connectivity index (χ3v) is 3.21. The normalized spacial score (nSPS) is 18.1. The molecule has 5 nitrogen and oxygen atoms in total. The summed E-state index contributed by atoms with van der Waals surface area (Å²) in [5.74, 6) is 0.0657. The predicted molar refractivity (Wildman–Crippen MR) is 66.4 cm³/mol. The minimum absolute atomic E-state index is 0.135. The van der Waals surface area contributed by atoms with E-state index in [0.29, 0.717) is 31.0 Å². The lowest BCUT2D eigenvalue weighted by Crippen LogP contribution is -2.40. The van der Waals surface area contributed by atoms with Crippen molar-refractivity contribution in [3.05, 3.63) is 0 Å². The molecule has 0 saturated heterocycles. The molecule has 1 rings (SSSR count). The summed E-state index contributed by atoms with van der Waals surface area (Å²) in [5, 5.41) is 6.61. The number of nitrogens with one attached hydrogen (secondary N) is 2. The maximum absolute atomic E-state index is 11.7. The second kappa shape index (κ2) is 5.29. The highest BCUT2D eigenvalue weighted by molar-refractivity contribution is 6.39. The third kappa shape index (κ3) is 4.17. The van der Waals surface area contributed by atoms with Gasteiger partial charge in [-0.25, -0.2) is 5.43 Å². The van der Waals surface area contributed by atoms with Crippen LogP contribution in [-0.2, 0) is 9.59 Å². The van der Waals surface area contributed by atoms with E-state index in [2.05, 4.69) is 43.5 Å². The molecule has 1 aliphatic heterocycles. The van der Waals surface area contributed by atoms with Gasteiger partial charge in [-0.15, -0.1) is 0 Å². The van der Waals surface area contributed by atoms with Gasteiger partial charge in [0.2, 0.25) is 5.91 Å². The molecule has 1 unspecified atom stereocenters. The van der Waals surface area contributed by atoms with E-state index in [4.69, 9.17) is 0 Å². The zero-order valence-electron chi connectivity index (χ0n) is 11.0. The van der Waals surface area contributed by atoms with E-state index >= 15 is 0 Å². The monoisotopic (exact) mass is 239 g/mol. The maximum Gasteiger partial charge on any atom is 0.267 e. The third-order valence-electron chi connectivity index (χ3n) is 3.21. The van der Waals surface area contributed by atoms with E-state index in [1.54, 1.807) is 0 Å². The van der Waals surface area contributed by atoms with Crippen molar-refractivity contribution in [3.63, 3.8) is 0 Å². The molecule has 96 valence electrons. The molecule has 2 amide bonds. The molecule has 5 heteroatoms. The average Bonchev–Trinajstić information content (AvgIpc) is 2.25. The van der Waals surface area contributed by atoms with Crippen molar-refractivity contribution in [1.82, 2.24) is 10.7 Å². The highest BCUT2D eigenvalue weighted by Gasteiger charge is 2.22. The van der Waals surface area contributed by atoms with Crippen LogP contribution in [0.4, 0.5) is 0 Å². The maximum atomic E-state index is 11.7. The first-order valence-corrected chi connectivity index (χ1v) is 5.94. The number of amides is 2. The van der Waals surface area contributed by atoms with Crippen molar-refractivity contribution in [2.45, 2.75) is 40.5 Å². The van der Waals surface area contributed by atoms with Crippen molar-refractivity contribution >= 4 is 17.5 Å². The Hall–Kier alpha value is -1.39. The highest BCUT2D eigenvalue weighted by Crippen LogP contribution is 2.24. The van der Waals surface area contributed by atoms with E-state index in [1.165, 1.54) is 0 Å². The molecule has 1 aliphatic rings. The molecule has 0 radical (unpaired) electrons. The second-order valence-corrected chi connectivity index (χ2v) is 5.57. The van der Waals surface area contributed by atoms with Crippen molar-refractivity contribution in [3.8, 4) is 0 Å². The molecule has 1 atom stereocenters. The SMILES string of the molecule is CC(CNC(=O)C1=NNC(=O)CC1)C(C)(C)C. The van der Waals surface area contributed by atoms with Gasteiger partial charge in [-0.2, -0.15) is 5.10 Å². The molecular formula is C12H21N3O2. The van der Waals surface area contributed by atoms with Crippen molar-refractivity contribution in [1.29, 1.82) is 0 Å². The summed E-state index contributed by atoms with van der Waals surface area (Å²) in [6, 6.07) is 0. The Morgan fingerprint density at radius 1 is 1.47 bits per heavy atom. The number of hydrogen-bond donors (Lipinski definition) is 2. The van der Waals surface area contributed by atoms with Gasteiger partial charge >= 0.3 is 0 Å². The van der Waals surface area contributed by atoms with Crippen LogP contribution in [0.3, 0.4) is 0 Å². The Labute approximate surface area is 102 Å². The van der Waals surface area contributed by atoms with Crippen LogP contribution in [0.2, 0.25) is 0 Å². The standard InChI is InChI=1S/C12H21N3O2/c1-8(12(2,3)4)7-13-11(17)9-5-6-10(16)15-14-9/h8H,5-7H2,1-4H3,(H,13,17)(H,15,16). The highest BCUT2D eigenvalue weighted by atomic mass is 16.2. The van der Waals surface area contributed by atoms with Crippen LogP contribution in [0.15, 0.2) is 5.10 Å². The molecule has 0 bridgehead atoms. The fraction of sp³-hybridized carbons (Fsp3) is 0.750. The van der Waals surface area contributed by atoms with Crippen LogP contribution in [0.5, 0.6) is 0 Å². The van der Waals surface area contributed by atoms with Crippen LogP contribution in [0.25, 0.3) is 0 Å². The number of carbonyl (C=O) groups excluding carboxylic acids is 2. The summed E-state index contributed by atoms with van der Waals surface area (Å²) in [7, 11) is 0. The summed E-state index contributed by atoms with van der Waals surface area (Å²) >= 11 is 0. The molecular weight excluding hydrogens is 218 g/mol. The van der Waals surface area contributed by atoms with Crippen molar-refractivity contribution in [2.75, 3.05) is 6.54 Å². The molecule has 1 heterocycles. The summed E-state index contributed by atoms with van der Waals surface area (Å²) in [6.07, 6.45) is 0.753. The zero-order chi connectivity index (χ0) is 13.1. The summed E-state index contributed by atoms with van der Waals surface area (Å²) in [6.45, 7) is 9.15. The Bertz CT molecular complexity index is 342. The Morgan fingerprint density at radius 3 is 2.59 bits per heavy atom. The topological polar surface area (TPSA) is 70.6 Å². The van der Waals surface area contributed by atoms with Gasteiger partial charge in [-0.1, -0.05) is 27.7 Å². The fourth-order valence-electron chi connectivity index (χ4n) is 1.29. The molecule has 0 aromatic carbocycles. The summed E-state index contributed by atoms with van der Waals surface area (Å²) in [4.78, 5) is 22.6. The van der Waals surface area contributed by atoms with E-state index in [-0.39, 0.29) is 17.2 Å². The molecule has 0 aromatic heterocycles. The molecule has 0 aliphatic carbocycles. The van der Waals surface area contributed by atoms with Crippen molar-refractivity contribution < 1.29 is 9.59 Å². The fourth-order valence-corrected chi connectivity index (χ4v) is 1.29. The van der Waals surface area contributed by atoms with Gasteiger partial charge in [-0.3, -0.25) is 9.59 Å². The number of rotatable bonds is 3. The largest absolute Gasteiger partial charge is 0.351 e. The van der Waals surface area contributed by atoms with Crippen LogP contribution in [0.1, 0.15) is 40.5 Å². The summed E-state index contributed by atoms with van der Waals surface area (Å²) < 4.78 is 0. The number of hydrogen-bond acceptors (Lipinski definition) is 3. The smallest absolute Gasteiger partial charge is 0.267 e. The number of carbonyl (C=O) groups is 2. The van der Waals surface area contributed by atoms with Gasteiger partial charge in [0.25, 0.3) is 5.91 Å². The van der Waals surface area contributed by atoms with Crippen LogP contribution < -0.4 is 10.7 Å². The zero-order valence-corrected chi connectivity index (χ0v) is 11.0. The first kappa shape index (κ1) is 13.7. The quantitative estimate of drug-likeness (QED) is 0.772. The van der Waals surface area contributed by atoms with Crippen molar-refractivity contribution in [2.24, 2.45) is 16.4 Å². The predicted octanol–water partition coefficient (Wildman–Crippen LogP) is 1.05. The van der Waals surface area contributed by atoms with Gasteiger partial charge in [0.05, 0.1) is 0 Å². The van der Waals surface area contributed by atoms with Crippen LogP contribution >= 0.6 is 0 Å². The Kier molecular flexibility index (Phi) is 4.26. The lowest BCUT2D eigenvalue weighted by molar-refractivity contribution is -0.121. The molecule has 0 aromatic rings. The van der Waals surface area contributed by atoms with Gasteiger partial charge in [-0.05, 0) is 11.3 Å². The lowest BCUT2D eigenvalue weighted by atomic mass is 9.82. The van der Waals surface area contributed by atoms with E-state index in [1.807, 2.05) is 0 Å². The van der Waals surface area contributed by atoms with E-state index in [9.17, 15) is 9.59 Å². The summed E-state index contributed by atoms with van der Waals surface area (Å²) in [5.41, 5.74) is 2.89. The van der Waals surface area contributed by atoms with Gasteiger partial charge in [0.1, 0.15) is 5.71 Å². The molecule has 17 heavy (non-hydrogen) atoms. The minimum atomic E-state index is -0.180. The van der Waals surface area contributed by atoms with Gasteiger partial charge in [0.15, 0.2) is 0 Å². The van der Waals surface area contributed by atoms with Crippen LogP contribution in [-0.4, -0.2) is 24.1 Å². The van der Waals surface area contributed by atoms with Gasteiger partial charge in [0, 0.05) is 19.4 Å². The molecule has 0 saturated carbocycles. The Balaban J connectivity index is 2.43. The molecule has 0 spiro atoms.